The van der Waals surface area contributed by atoms with Gasteiger partial charge < -0.3 is 9.84 Å². The molecule has 1 fully saturated rings. The largest absolute Gasteiger partial charge is 0.338 e. The Kier molecular flexibility index (Phi) is 6.50. The molecule has 7 heteroatoms. The number of aryl methyl sites for hydroxylation is 1. The quantitative estimate of drug-likeness (QED) is 0.585. The molecular formula is C23H26N4O2S. The standard InChI is InChI=1S/C23H26N4O2S/c1-16-6-3-7-17(12-16)22-25-21(29-26-22)15-27-11-5-8-18(14-27)23(28)24-19-9-4-10-20(13-19)30-2/h3-4,6-7,9-10,12-13,18H,5,8,11,14-15H2,1-2H3,(H,24,28). The van der Waals surface area contributed by atoms with Crippen molar-refractivity contribution in [1.29, 1.82) is 0 Å². The summed E-state index contributed by atoms with van der Waals surface area (Å²) in [5.74, 6) is 1.22. The fourth-order valence-electron chi connectivity index (χ4n) is 3.77. The van der Waals surface area contributed by atoms with Crippen LogP contribution in [0.2, 0.25) is 0 Å². The lowest BCUT2D eigenvalue weighted by atomic mass is 9.97. The number of aromatic nitrogens is 2. The topological polar surface area (TPSA) is 71.3 Å². The average Bonchev–Trinajstić information content (AvgIpc) is 3.22. The first-order valence-corrected chi connectivity index (χ1v) is 11.4. The molecule has 0 bridgehead atoms. The summed E-state index contributed by atoms with van der Waals surface area (Å²) < 4.78 is 5.47. The molecule has 3 aromatic rings. The molecule has 6 nitrogen and oxygen atoms in total. The second kappa shape index (κ2) is 9.45. The molecule has 0 saturated carbocycles. The number of carbonyl (C=O) groups excluding carboxylic acids is 1. The van der Waals surface area contributed by atoms with Gasteiger partial charge in [-0.2, -0.15) is 4.98 Å². The summed E-state index contributed by atoms with van der Waals surface area (Å²) in [4.78, 5) is 20.7. The molecule has 0 radical (unpaired) electrons. The molecule has 156 valence electrons. The molecule has 4 rings (SSSR count). The first-order valence-electron chi connectivity index (χ1n) is 10.2. The van der Waals surface area contributed by atoms with E-state index in [1.165, 1.54) is 0 Å². The molecule has 2 heterocycles. The van der Waals surface area contributed by atoms with E-state index in [0.717, 1.165) is 41.1 Å². The van der Waals surface area contributed by atoms with Gasteiger partial charge >= 0.3 is 0 Å². The zero-order chi connectivity index (χ0) is 20.9. The first-order chi connectivity index (χ1) is 14.6. The molecule has 1 aromatic heterocycles. The van der Waals surface area contributed by atoms with E-state index in [9.17, 15) is 4.79 Å². The van der Waals surface area contributed by atoms with Crippen molar-refractivity contribution in [3.05, 3.63) is 60.0 Å². The molecule has 1 amide bonds. The molecule has 0 aliphatic carbocycles. The molecule has 0 spiro atoms. The predicted molar refractivity (Wildman–Crippen MR) is 119 cm³/mol. The monoisotopic (exact) mass is 422 g/mol. The van der Waals surface area contributed by atoms with Crippen LogP contribution in [-0.2, 0) is 11.3 Å². The lowest BCUT2D eigenvalue weighted by molar-refractivity contribution is -0.121. The fraction of sp³-hybridized carbons (Fsp3) is 0.348. The van der Waals surface area contributed by atoms with Crippen molar-refractivity contribution in [2.45, 2.75) is 31.2 Å². The number of hydrogen-bond acceptors (Lipinski definition) is 6. The number of hydrogen-bond donors (Lipinski definition) is 1. The highest BCUT2D eigenvalue weighted by Gasteiger charge is 2.27. The molecule has 1 aliphatic heterocycles. The summed E-state index contributed by atoms with van der Waals surface area (Å²) in [7, 11) is 0. The highest BCUT2D eigenvalue weighted by molar-refractivity contribution is 7.98. The number of nitrogens with zero attached hydrogens (tertiary/aromatic N) is 3. The number of nitrogens with one attached hydrogen (secondary N) is 1. The maximum atomic E-state index is 12.8. The van der Waals surface area contributed by atoms with Crippen molar-refractivity contribution in [3.63, 3.8) is 0 Å². The third-order valence-corrected chi connectivity index (χ3v) is 6.04. The normalized spacial score (nSPS) is 17.1. The van der Waals surface area contributed by atoms with E-state index in [0.29, 0.717) is 24.8 Å². The second-order valence-electron chi connectivity index (χ2n) is 7.68. The SMILES string of the molecule is CSc1cccc(NC(=O)C2CCCN(Cc3nc(-c4cccc(C)c4)no3)C2)c1. The van der Waals surface area contributed by atoms with E-state index in [1.807, 2.05) is 61.7 Å². The number of rotatable bonds is 6. The van der Waals surface area contributed by atoms with Crippen LogP contribution in [0.3, 0.4) is 0 Å². The summed E-state index contributed by atoms with van der Waals surface area (Å²) in [6.45, 7) is 4.22. The highest BCUT2D eigenvalue weighted by Crippen LogP contribution is 2.23. The van der Waals surface area contributed by atoms with Crippen LogP contribution in [0.15, 0.2) is 57.9 Å². The maximum Gasteiger partial charge on any atom is 0.241 e. The van der Waals surface area contributed by atoms with Crippen molar-refractivity contribution in [3.8, 4) is 11.4 Å². The Labute approximate surface area is 181 Å². The number of piperidine rings is 1. The number of thioether (sulfide) groups is 1. The number of likely N-dealkylation sites (tertiary alicyclic amines) is 1. The Morgan fingerprint density at radius 1 is 1.27 bits per heavy atom. The minimum absolute atomic E-state index is 0.0455. The fourth-order valence-corrected chi connectivity index (χ4v) is 4.23. The van der Waals surface area contributed by atoms with Crippen LogP contribution >= 0.6 is 11.8 Å². The zero-order valence-corrected chi connectivity index (χ0v) is 18.1. The molecule has 1 saturated heterocycles. The lowest BCUT2D eigenvalue weighted by Gasteiger charge is -2.30. The Bertz CT molecular complexity index is 1020. The number of carbonyl (C=O) groups is 1. The summed E-state index contributed by atoms with van der Waals surface area (Å²) in [6.07, 6.45) is 3.90. The van der Waals surface area contributed by atoms with Gasteiger partial charge in [-0.25, -0.2) is 0 Å². The van der Waals surface area contributed by atoms with E-state index in [4.69, 9.17) is 4.52 Å². The first kappa shape index (κ1) is 20.6. The number of anilines is 1. The van der Waals surface area contributed by atoms with Crippen LogP contribution in [0.25, 0.3) is 11.4 Å². The Hall–Kier alpha value is -2.64. The molecule has 1 atom stereocenters. The summed E-state index contributed by atoms with van der Waals surface area (Å²) in [6, 6.07) is 16.0. The highest BCUT2D eigenvalue weighted by atomic mass is 32.2. The van der Waals surface area contributed by atoms with Crippen LogP contribution in [-0.4, -0.2) is 40.3 Å². The molecule has 30 heavy (non-hydrogen) atoms. The molecular weight excluding hydrogens is 396 g/mol. The van der Waals surface area contributed by atoms with Gasteiger partial charge in [0, 0.05) is 22.7 Å². The van der Waals surface area contributed by atoms with Gasteiger partial charge in [0.1, 0.15) is 0 Å². The third-order valence-electron chi connectivity index (χ3n) is 5.32. The lowest BCUT2D eigenvalue weighted by Crippen LogP contribution is -2.40. The molecule has 1 N–H and O–H groups in total. The van der Waals surface area contributed by atoms with E-state index in [2.05, 4.69) is 20.4 Å². The summed E-state index contributed by atoms with van der Waals surface area (Å²) >= 11 is 1.67. The van der Waals surface area contributed by atoms with Crippen LogP contribution in [0.5, 0.6) is 0 Å². The Morgan fingerprint density at radius 3 is 2.97 bits per heavy atom. The van der Waals surface area contributed by atoms with Gasteiger partial charge in [-0.3, -0.25) is 9.69 Å². The van der Waals surface area contributed by atoms with Gasteiger partial charge in [-0.05, 0) is 56.8 Å². The molecule has 1 unspecified atom stereocenters. The van der Waals surface area contributed by atoms with Crippen LogP contribution < -0.4 is 5.32 Å². The Balaban J connectivity index is 1.36. The van der Waals surface area contributed by atoms with E-state index >= 15 is 0 Å². The van der Waals surface area contributed by atoms with Gasteiger partial charge in [0.05, 0.1) is 12.5 Å². The van der Waals surface area contributed by atoms with Crippen molar-refractivity contribution in [2.24, 2.45) is 5.92 Å². The van der Waals surface area contributed by atoms with E-state index < -0.39 is 0 Å². The van der Waals surface area contributed by atoms with Gasteiger partial charge in [0.25, 0.3) is 0 Å². The smallest absolute Gasteiger partial charge is 0.241 e. The second-order valence-corrected chi connectivity index (χ2v) is 8.56. The summed E-state index contributed by atoms with van der Waals surface area (Å²) in [5.41, 5.74) is 2.96. The van der Waals surface area contributed by atoms with Gasteiger partial charge in [0.2, 0.25) is 17.6 Å². The average molecular weight is 423 g/mol. The minimum Gasteiger partial charge on any atom is -0.338 e. The van der Waals surface area contributed by atoms with E-state index in [-0.39, 0.29) is 11.8 Å². The van der Waals surface area contributed by atoms with Crippen LogP contribution in [0.4, 0.5) is 5.69 Å². The van der Waals surface area contributed by atoms with Crippen molar-refractivity contribution in [1.82, 2.24) is 15.0 Å². The van der Waals surface area contributed by atoms with E-state index in [1.54, 1.807) is 11.8 Å². The van der Waals surface area contributed by atoms with Gasteiger partial charge in [-0.1, -0.05) is 35.0 Å². The van der Waals surface area contributed by atoms with Crippen molar-refractivity contribution < 1.29 is 9.32 Å². The van der Waals surface area contributed by atoms with Crippen LogP contribution in [0.1, 0.15) is 24.3 Å². The minimum atomic E-state index is -0.0455. The van der Waals surface area contributed by atoms with Gasteiger partial charge in [0.15, 0.2) is 0 Å². The molecule has 1 aliphatic rings. The predicted octanol–water partition coefficient (Wildman–Crippen LogP) is 4.62. The third kappa shape index (κ3) is 5.09. The van der Waals surface area contributed by atoms with Crippen LogP contribution in [0, 0.1) is 12.8 Å². The maximum absolute atomic E-state index is 12.8. The zero-order valence-electron chi connectivity index (χ0n) is 17.3. The van der Waals surface area contributed by atoms with Gasteiger partial charge in [-0.15, -0.1) is 11.8 Å². The summed E-state index contributed by atoms with van der Waals surface area (Å²) in [5, 5.41) is 7.20. The number of amides is 1. The van der Waals surface area contributed by atoms with Crippen molar-refractivity contribution >= 4 is 23.4 Å². The van der Waals surface area contributed by atoms with Crippen molar-refractivity contribution in [2.75, 3.05) is 24.7 Å². The number of benzene rings is 2. The Morgan fingerprint density at radius 2 is 2.13 bits per heavy atom. The molecule has 2 aromatic carbocycles.